The summed E-state index contributed by atoms with van der Waals surface area (Å²) in [4.78, 5) is 0. The number of rotatable bonds is 8. The molecule has 0 saturated heterocycles. The highest BCUT2D eigenvalue weighted by molar-refractivity contribution is 6.32. The van der Waals surface area contributed by atoms with Crippen LogP contribution in [0.1, 0.15) is 124 Å². The molecule has 3 aromatic carbocycles. The van der Waals surface area contributed by atoms with Gasteiger partial charge in [-0.2, -0.15) is 0 Å². The van der Waals surface area contributed by atoms with Crippen LogP contribution >= 0.6 is 11.6 Å². The highest BCUT2D eigenvalue weighted by atomic mass is 35.5. The fraction of sp³-hybridized carbons (Fsp3) is 0.438. The molecule has 33 heavy (non-hydrogen) atoms. The average Bonchev–Trinajstić information content (AvgIpc) is 2.76. The predicted octanol–water partition coefficient (Wildman–Crippen LogP) is 10.0. The van der Waals surface area contributed by atoms with Crippen LogP contribution in [0.2, 0.25) is 5.02 Å². The van der Waals surface area contributed by atoms with Crippen molar-refractivity contribution >= 4 is 11.6 Å². The first kappa shape index (κ1) is 25.6. The highest BCUT2D eigenvalue weighted by Gasteiger charge is 2.13. The van der Waals surface area contributed by atoms with Gasteiger partial charge in [-0.1, -0.05) is 122 Å². The van der Waals surface area contributed by atoms with Crippen LogP contribution in [0.15, 0.2) is 54.6 Å². The van der Waals surface area contributed by atoms with Gasteiger partial charge in [-0.05, 0) is 81.0 Å². The predicted molar refractivity (Wildman–Crippen MR) is 146 cm³/mol. The summed E-state index contributed by atoms with van der Waals surface area (Å²) in [6.07, 6.45) is 1.74. The van der Waals surface area contributed by atoms with Gasteiger partial charge in [0, 0.05) is 5.02 Å². The number of benzene rings is 3. The standard InChI is InChI=1S/C32H41Cl/c1-20(2)28-14-24(15-29(18-28)21(3)4)12-26-10-9-11-27(32(26)33)13-25-16-30(22(5)6)19-31(17-25)23(7)8/h9-11,14-23H,12-13H2,1-8H3. The zero-order valence-corrected chi connectivity index (χ0v) is 22.6. The van der Waals surface area contributed by atoms with Crippen molar-refractivity contribution in [3.05, 3.63) is 104 Å². The molecule has 0 heterocycles. The Hall–Kier alpha value is -2.05. The fourth-order valence-corrected chi connectivity index (χ4v) is 4.63. The van der Waals surface area contributed by atoms with E-state index in [-0.39, 0.29) is 0 Å². The third kappa shape index (κ3) is 6.51. The SMILES string of the molecule is CC(C)c1cc(Cc2cccc(Cc3cc(C(C)C)cc(C(C)C)c3)c2Cl)cc(C(C)C)c1. The molecular weight excluding hydrogens is 420 g/mol. The van der Waals surface area contributed by atoms with Crippen LogP contribution in [0.25, 0.3) is 0 Å². The smallest absolute Gasteiger partial charge is 0.0476 e. The normalized spacial score (nSPS) is 11.9. The summed E-state index contributed by atoms with van der Waals surface area (Å²) in [5, 5.41) is 0.916. The lowest BCUT2D eigenvalue weighted by Crippen LogP contribution is -2.01. The minimum atomic E-state index is 0.521. The Morgan fingerprint density at radius 1 is 0.515 bits per heavy atom. The first-order valence-electron chi connectivity index (χ1n) is 12.6. The Kier molecular flexibility index (Phi) is 8.46. The quantitative estimate of drug-likeness (QED) is 0.313. The molecule has 0 bridgehead atoms. The van der Waals surface area contributed by atoms with Crippen LogP contribution in [-0.4, -0.2) is 0 Å². The summed E-state index contributed by atoms with van der Waals surface area (Å²) in [6, 6.07) is 20.7. The van der Waals surface area contributed by atoms with Crippen LogP contribution in [-0.2, 0) is 12.8 Å². The summed E-state index contributed by atoms with van der Waals surface area (Å²) in [6.45, 7) is 18.2. The molecule has 0 atom stereocenters. The van der Waals surface area contributed by atoms with Crippen LogP contribution in [0, 0.1) is 0 Å². The van der Waals surface area contributed by atoms with Crippen LogP contribution in [0.3, 0.4) is 0 Å². The Morgan fingerprint density at radius 3 is 1.09 bits per heavy atom. The fourth-order valence-electron chi connectivity index (χ4n) is 4.37. The van der Waals surface area contributed by atoms with Gasteiger partial charge in [-0.3, -0.25) is 0 Å². The van der Waals surface area contributed by atoms with Gasteiger partial charge >= 0.3 is 0 Å². The Bertz CT molecular complexity index is 949. The van der Waals surface area contributed by atoms with E-state index in [2.05, 4.69) is 110 Å². The van der Waals surface area contributed by atoms with Crippen LogP contribution in [0.5, 0.6) is 0 Å². The van der Waals surface area contributed by atoms with Gasteiger partial charge in [0.05, 0.1) is 0 Å². The molecule has 1 heteroatoms. The monoisotopic (exact) mass is 460 g/mol. The van der Waals surface area contributed by atoms with Gasteiger partial charge in [0.1, 0.15) is 0 Å². The van der Waals surface area contributed by atoms with E-state index in [0.29, 0.717) is 23.7 Å². The van der Waals surface area contributed by atoms with Gasteiger partial charge in [-0.25, -0.2) is 0 Å². The zero-order chi connectivity index (χ0) is 24.3. The maximum absolute atomic E-state index is 7.02. The van der Waals surface area contributed by atoms with E-state index < -0.39 is 0 Å². The van der Waals surface area contributed by atoms with Crippen molar-refractivity contribution in [2.75, 3.05) is 0 Å². The molecule has 0 N–H and O–H groups in total. The topological polar surface area (TPSA) is 0 Å². The molecule has 0 amide bonds. The Labute approximate surface area is 207 Å². The molecule has 0 aliphatic heterocycles. The van der Waals surface area contributed by atoms with Crippen molar-refractivity contribution < 1.29 is 0 Å². The maximum atomic E-state index is 7.02. The van der Waals surface area contributed by atoms with E-state index in [1.54, 1.807) is 0 Å². The summed E-state index contributed by atoms with van der Waals surface area (Å²) in [5.74, 6) is 2.08. The Balaban J connectivity index is 1.94. The first-order chi connectivity index (χ1) is 15.5. The van der Waals surface area contributed by atoms with Crippen LogP contribution in [0.4, 0.5) is 0 Å². The molecular formula is C32H41Cl. The summed E-state index contributed by atoms with van der Waals surface area (Å²) in [5.41, 5.74) is 10.8. The van der Waals surface area contributed by atoms with Gasteiger partial charge in [0.25, 0.3) is 0 Å². The third-order valence-electron chi connectivity index (χ3n) is 6.69. The first-order valence-corrected chi connectivity index (χ1v) is 13.0. The van der Waals surface area contributed by atoms with Crippen molar-refractivity contribution in [1.82, 2.24) is 0 Å². The number of hydrogen-bond donors (Lipinski definition) is 0. The molecule has 0 fully saturated rings. The molecule has 0 aromatic heterocycles. The summed E-state index contributed by atoms with van der Waals surface area (Å²) in [7, 11) is 0. The van der Waals surface area contributed by atoms with Crippen LogP contribution < -0.4 is 0 Å². The molecule has 176 valence electrons. The zero-order valence-electron chi connectivity index (χ0n) is 21.8. The molecule has 3 aromatic rings. The van der Waals surface area contributed by atoms with Crippen molar-refractivity contribution in [2.24, 2.45) is 0 Å². The van der Waals surface area contributed by atoms with Gasteiger partial charge in [0.2, 0.25) is 0 Å². The second-order valence-electron chi connectivity index (χ2n) is 10.9. The van der Waals surface area contributed by atoms with Crippen molar-refractivity contribution in [1.29, 1.82) is 0 Å². The van der Waals surface area contributed by atoms with Gasteiger partial charge in [-0.15, -0.1) is 0 Å². The van der Waals surface area contributed by atoms with Gasteiger partial charge in [0.15, 0.2) is 0 Å². The molecule has 0 spiro atoms. The summed E-state index contributed by atoms with van der Waals surface area (Å²) < 4.78 is 0. The van der Waals surface area contributed by atoms with Crippen molar-refractivity contribution in [3.8, 4) is 0 Å². The molecule has 0 radical (unpaired) electrons. The lowest BCUT2D eigenvalue weighted by atomic mass is 9.89. The summed E-state index contributed by atoms with van der Waals surface area (Å²) >= 11 is 7.02. The largest absolute Gasteiger partial charge is 0.0837 e. The molecule has 0 nitrogen and oxygen atoms in total. The second-order valence-corrected chi connectivity index (χ2v) is 11.3. The van der Waals surface area contributed by atoms with E-state index in [1.165, 1.54) is 44.5 Å². The van der Waals surface area contributed by atoms with Gasteiger partial charge < -0.3 is 0 Å². The maximum Gasteiger partial charge on any atom is 0.0476 e. The minimum absolute atomic E-state index is 0.521. The second kappa shape index (κ2) is 10.9. The van der Waals surface area contributed by atoms with Crippen molar-refractivity contribution in [2.45, 2.75) is 91.9 Å². The lowest BCUT2D eigenvalue weighted by molar-refractivity contribution is 0.828. The molecule has 0 aliphatic rings. The highest BCUT2D eigenvalue weighted by Crippen LogP contribution is 2.30. The van der Waals surface area contributed by atoms with E-state index in [9.17, 15) is 0 Å². The molecule has 3 rings (SSSR count). The average molecular weight is 461 g/mol. The van der Waals surface area contributed by atoms with E-state index in [4.69, 9.17) is 11.6 Å². The Morgan fingerprint density at radius 2 is 0.818 bits per heavy atom. The van der Waals surface area contributed by atoms with E-state index in [0.717, 1.165) is 17.9 Å². The number of halogens is 1. The number of hydrogen-bond acceptors (Lipinski definition) is 0. The van der Waals surface area contributed by atoms with E-state index >= 15 is 0 Å². The molecule has 0 aliphatic carbocycles. The lowest BCUT2D eigenvalue weighted by Gasteiger charge is -2.17. The van der Waals surface area contributed by atoms with E-state index in [1.807, 2.05) is 0 Å². The van der Waals surface area contributed by atoms with Crippen molar-refractivity contribution in [3.63, 3.8) is 0 Å². The molecule has 0 saturated carbocycles. The molecule has 0 unspecified atom stereocenters. The third-order valence-corrected chi connectivity index (χ3v) is 7.17. The minimum Gasteiger partial charge on any atom is -0.0837 e.